The quantitative estimate of drug-likeness (QED) is 0.142. The SMILES string of the molecule is C[Si](C)(C)c1c(N(c2cccc3c2oc2ccccc23)c2ccc3c4cc5c(cc4n4c6ccccc6c2c34)c2ccc(N(c3ccc4ccccc4c3[Si](C)(C)C)c3cccc4c3oc3ccccc34)c3c4ccccc4n5c23)ccc2ccccc12. The average Bonchev–Trinajstić information content (AvgIpc) is 1.52. The number of furan rings is 2. The van der Waals surface area contributed by atoms with Gasteiger partial charge in [0.2, 0.25) is 0 Å². The molecule has 8 heteroatoms. The van der Waals surface area contributed by atoms with Gasteiger partial charge in [-0.15, -0.1) is 0 Å². The van der Waals surface area contributed by atoms with E-state index in [1.54, 1.807) is 0 Å². The zero-order valence-corrected chi connectivity index (χ0v) is 51.7. The summed E-state index contributed by atoms with van der Waals surface area (Å²) in [6.07, 6.45) is 0. The van der Waals surface area contributed by atoms with E-state index in [4.69, 9.17) is 8.83 Å². The van der Waals surface area contributed by atoms with Crippen molar-refractivity contribution in [2.45, 2.75) is 39.3 Å². The van der Waals surface area contributed by atoms with Crippen molar-refractivity contribution in [3.8, 4) is 0 Å². The molecule has 6 heterocycles. The van der Waals surface area contributed by atoms with Crippen LogP contribution in [0.5, 0.6) is 0 Å². The van der Waals surface area contributed by atoms with Gasteiger partial charge in [-0.3, -0.25) is 0 Å². The van der Waals surface area contributed by atoms with E-state index in [2.05, 4.69) is 301 Å². The first-order valence-corrected chi connectivity index (χ1v) is 37.7. The number of benzene rings is 13. The maximum absolute atomic E-state index is 7.02. The molecule has 19 aromatic rings. The molecule has 0 saturated heterocycles. The molecule has 0 atom stereocenters. The molecule has 6 nitrogen and oxygen atoms in total. The zero-order valence-electron chi connectivity index (χ0n) is 49.7. The van der Waals surface area contributed by atoms with Gasteiger partial charge >= 0.3 is 0 Å². The number of aromatic nitrogens is 2. The van der Waals surface area contributed by atoms with Gasteiger partial charge in [-0.25, -0.2) is 0 Å². The Morgan fingerprint density at radius 3 is 1.07 bits per heavy atom. The number of para-hydroxylation sites is 6. The Kier molecular flexibility index (Phi) is 9.99. The van der Waals surface area contributed by atoms with Gasteiger partial charge in [-0.2, -0.15) is 0 Å². The lowest BCUT2D eigenvalue weighted by molar-refractivity contribution is 0.669. The Balaban J connectivity index is 0.906. The molecule has 0 bridgehead atoms. The Labute approximate surface area is 508 Å². The summed E-state index contributed by atoms with van der Waals surface area (Å²) >= 11 is 0. The van der Waals surface area contributed by atoms with Crippen molar-refractivity contribution in [1.29, 1.82) is 0 Å². The van der Waals surface area contributed by atoms with Gasteiger partial charge in [0.25, 0.3) is 0 Å². The van der Waals surface area contributed by atoms with E-state index in [1.165, 1.54) is 119 Å². The van der Waals surface area contributed by atoms with Crippen LogP contribution in [-0.2, 0) is 0 Å². The average molecular weight is 1160 g/mol. The van der Waals surface area contributed by atoms with E-state index in [0.717, 1.165) is 66.6 Å². The Hall–Kier alpha value is -10.4. The van der Waals surface area contributed by atoms with Crippen molar-refractivity contribution in [3.63, 3.8) is 0 Å². The molecule has 0 aliphatic carbocycles. The van der Waals surface area contributed by atoms with Crippen molar-refractivity contribution in [1.82, 2.24) is 8.80 Å². The summed E-state index contributed by atoms with van der Waals surface area (Å²) < 4.78 is 19.2. The van der Waals surface area contributed by atoms with Gasteiger partial charge in [0, 0.05) is 76.0 Å². The fourth-order valence-electron chi connectivity index (χ4n) is 15.9. The van der Waals surface area contributed by atoms with Crippen molar-refractivity contribution in [3.05, 3.63) is 243 Å². The van der Waals surface area contributed by atoms with Crippen LogP contribution < -0.4 is 20.2 Å². The molecule has 13 aromatic carbocycles. The first-order valence-electron chi connectivity index (χ1n) is 30.7. The van der Waals surface area contributed by atoms with Crippen LogP contribution in [0.2, 0.25) is 39.3 Å². The normalized spacial score (nSPS) is 12.9. The molecule has 0 unspecified atom stereocenters. The number of anilines is 6. The molecule has 0 N–H and O–H groups in total. The van der Waals surface area contributed by atoms with E-state index in [1.807, 2.05) is 0 Å². The topological polar surface area (TPSA) is 41.6 Å². The van der Waals surface area contributed by atoms with Crippen LogP contribution in [-0.4, -0.2) is 24.9 Å². The predicted octanol–water partition coefficient (Wildman–Crippen LogP) is 22.1. The highest BCUT2D eigenvalue weighted by atomic mass is 28.3. The Morgan fingerprint density at radius 2 is 0.636 bits per heavy atom. The van der Waals surface area contributed by atoms with Crippen molar-refractivity contribution >= 4 is 202 Å². The number of hydrogen-bond donors (Lipinski definition) is 0. The number of fused-ring (bicyclic) bond motifs is 20. The molecule has 0 aliphatic rings. The Morgan fingerprint density at radius 1 is 0.273 bits per heavy atom. The first kappa shape index (κ1) is 49.8. The summed E-state index contributed by atoms with van der Waals surface area (Å²) in [5.41, 5.74) is 17.4. The van der Waals surface area contributed by atoms with E-state index in [-0.39, 0.29) is 0 Å². The summed E-state index contributed by atoms with van der Waals surface area (Å²) in [6, 6.07) is 90.4. The van der Waals surface area contributed by atoms with Crippen LogP contribution in [0, 0.1) is 0 Å². The monoisotopic (exact) mass is 1160 g/mol. The summed E-state index contributed by atoms with van der Waals surface area (Å²) in [5, 5.41) is 22.2. The summed E-state index contributed by atoms with van der Waals surface area (Å²) in [4.78, 5) is 5.12. The van der Waals surface area contributed by atoms with Gasteiger partial charge in [-0.1, -0.05) is 209 Å². The molecule has 0 amide bonds. The van der Waals surface area contributed by atoms with Crippen LogP contribution in [0.4, 0.5) is 34.1 Å². The van der Waals surface area contributed by atoms with Crippen molar-refractivity contribution in [2.75, 3.05) is 9.80 Å². The minimum Gasteiger partial charge on any atom is -0.454 e. The molecule has 0 saturated carbocycles. The van der Waals surface area contributed by atoms with Crippen LogP contribution in [0.1, 0.15) is 0 Å². The van der Waals surface area contributed by atoms with Gasteiger partial charge < -0.3 is 27.4 Å². The largest absolute Gasteiger partial charge is 0.454 e. The van der Waals surface area contributed by atoms with Crippen LogP contribution in [0.25, 0.3) is 142 Å². The number of nitrogens with zero attached hydrogens (tertiary/aromatic N) is 4. The van der Waals surface area contributed by atoms with Crippen LogP contribution in [0.3, 0.4) is 0 Å². The molecular weight excluding hydrogens is 1110 g/mol. The lowest BCUT2D eigenvalue weighted by atomic mass is 10.0. The minimum atomic E-state index is -2.08. The molecule has 6 aromatic heterocycles. The van der Waals surface area contributed by atoms with Crippen molar-refractivity contribution in [2.24, 2.45) is 0 Å². The lowest BCUT2D eigenvalue weighted by Crippen LogP contribution is -2.41. The van der Waals surface area contributed by atoms with Gasteiger partial charge in [0.1, 0.15) is 11.2 Å². The fourth-order valence-corrected chi connectivity index (χ4v) is 19.9. The van der Waals surface area contributed by atoms with Gasteiger partial charge in [0.05, 0.1) is 72.0 Å². The summed E-state index contributed by atoms with van der Waals surface area (Å²) in [5.74, 6) is 0. The predicted molar refractivity (Wildman–Crippen MR) is 381 cm³/mol. The zero-order chi connectivity index (χ0) is 58.6. The second-order valence-electron chi connectivity index (χ2n) is 26.3. The molecule has 0 radical (unpaired) electrons. The van der Waals surface area contributed by atoms with Gasteiger partial charge in [-0.05, 0) is 105 Å². The maximum Gasteiger partial charge on any atom is 0.159 e. The third kappa shape index (κ3) is 6.65. The highest BCUT2D eigenvalue weighted by molar-refractivity contribution is 6.92. The van der Waals surface area contributed by atoms with E-state index in [0.29, 0.717) is 0 Å². The fraction of sp³-hybridized carbons (Fsp3) is 0.0750. The smallest absolute Gasteiger partial charge is 0.159 e. The maximum atomic E-state index is 7.02. The Bertz CT molecular complexity index is 5810. The minimum absolute atomic E-state index is 0.879. The first-order chi connectivity index (χ1) is 43.0. The highest BCUT2D eigenvalue weighted by Crippen LogP contribution is 2.54. The molecule has 88 heavy (non-hydrogen) atoms. The van der Waals surface area contributed by atoms with E-state index < -0.39 is 16.1 Å². The molecular formula is C80H58N4O2Si2. The summed E-state index contributed by atoms with van der Waals surface area (Å²) in [7, 11) is -4.16. The van der Waals surface area contributed by atoms with E-state index in [9.17, 15) is 0 Å². The van der Waals surface area contributed by atoms with Gasteiger partial charge in [0.15, 0.2) is 11.2 Å². The van der Waals surface area contributed by atoms with Crippen LogP contribution >= 0.6 is 0 Å². The third-order valence-corrected chi connectivity index (χ3v) is 23.3. The van der Waals surface area contributed by atoms with Crippen LogP contribution in [0.15, 0.2) is 251 Å². The van der Waals surface area contributed by atoms with E-state index >= 15 is 0 Å². The molecule has 0 fully saturated rings. The third-order valence-electron chi connectivity index (χ3n) is 19.3. The van der Waals surface area contributed by atoms with Crippen molar-refractivity contribution < 1.29 is 8.83 Å². The highest BCUT2D eigenvalue weighted by Gasteiger charge is 2.35. The molecule has 0 spiro atoms. The standard InChI is InChI=1S/C80H58N4O2Si2/c1-87(2,3)79-49-23-9-7-21-47(49)37-41-67(79)81(65-33-19-29-55-51-25-13-17-35-71(51)85-77(55)65)63-43-39-53-59-45-70-60(46-69(59)83-61-31-15-11-27-57(61)73(63)75(53)83)54-40-44-64(74-58-28-12-16-32-62(58)84(70)76(54)74)82(66-34-20-30-56-52-26-14-18-36-72(52)86-78(56)66)68-42-38-48-22-8-10-24-50(48)80(68)88(4,5)6/h7-46H,1-6H3. The lowest BCUT2D eigenvalue weighted by Gasteiger charge is -2.33. The molecule has 418 valence electrons. The second kappa shape index (κ2) is 17.6. The second-order valence-corrected chi connectivity index (χ2v) is 36.3. The molecule has 19 rings (SSSR count). The number of hydrogen-bond acceptors (Lipinski definition) is 4. The molecule has 0 aliphatic heterocycles. The summed E-state index contributed by atoms with van der Waals surface area (Å²) in [6.45, 7) is 14.9. The number of rotatable bonds is 8.